The van der Waals surface area contributed by atoms with Gasteiger partial charge in [-0.2, -0.15) is 0 Å². The Kier molecular flexibility index (Phi) is 3.72. The fourth-order valence-electron chi connectivity index (χ4n) is 2.35. The van der Waals surface area contributed by atoms with Crippen LogP contribution in [-0.2, 0) is 6.42 Å². The normalized spacial score (nSPS) is 25.6. The van der Waals surface area contributed by atoms with Crippen molar-refractivity contribution >= 4 is 0 Å². The summed E-state index contributed by atoms with van der Waals surface area (Å²) in [6.45, 7) is 1.43. The summed E-state index contributed by atoms with van der Waals surface area (Å²) >= 11 is 0. The minimum atomic E-state index is -1.34. The first-order valence-corrected chi connectivity index (χ1v) is 5.92. The maximum atomic E-state index is 14.5. The van der Waals surface area contributed by atoms with Gasteiger partial charge in [0.25, 0.3) is 0 Å². The van der Waals surface area contributed by atoms with Gasteiger partial charge in [0.1, 0.15) is 17.3 Å². The molecule has 1 unspecified atom stereocenters. The first-order chi connectivity index (χ1) is 8.07. The van der Waals surface area contributed by atoms with Crippen LogP contribution in [0.25, 0.3) is 0 Å². The molecule has 1 atom stereocenters. The zero-order valence-corrected chi connectivity index (χ0v) is 9.61. The number of hydrogen-bond acceptors (Lipinski definition) is 1. The lowest BCUT2D eigenvalue weighted by Gasteiger charge is -2.23. The van der Waals surface area contributed by atoms with Crippen LogP contribution in [0.1, 0.15) is 24.8 Å². The second kappa shape index (κ2) is 5.08. The van der Waals surface area contributed by atoms with Gasteiger partial charge in [-0.05, 0) is 50.0 Å². The first kappa shape index (κ1) is 12.4. The highest BCUT2D eigenvalue weighted by Crippen LogP contribution is 2.29. The topological polar surface area (TPSA) is 12.0 Å². The molecule has 0 aromatic heterocycles. The van der Waals surface area contributed by atoms with Crippen molar-refractivity contribution in [3.8, 4) is 0 Å². The summed E-state index contributed by atoms with van der Waals surface area (Å²) in [6.07, 6.45) is 1.68. The minimum Gasteiger partial charge on any atom is -0.317 e. The molecule has 1 N–H and O–H groups in total. The number of benzene rings is 1. The average Bonchev–Trinajstić information content (AvgIpc) is 2.41. The van der Waals surface area contributed by atoms with Crippen LogP contribution in [0.5, 0.6) is 0 Å². The molecule has 1 aliphatic rings. The van der Waals surface area contributed by atoms with Gasteiger partial charge in [0, 0.05) is 12.5 Å². The monoisotopic (exact) mass is 243 g/mol. The van der Waals surface area contributed by atoms with Gasteiger partial charge in [-0.1, -0.05) is 0 Å². The molecule has 0 spiro atoms. The largest absolute Gasteiger partial charge is 0.317 e. The van der Waals surface area contributed by atoms with Crippen LogP contribution >= 0.6 is 0 Å². The van der Waals surface area contributed by atoms with E-state index in [9.17, 15) is 13.2 Å². The van der Waals surface area contributed by atoms with Crippen LogP contribution in [-0.4, -0.2) is 18.8 Å². The Morgan fingerprint density at radius 2 is 1.76 bits per heavy atom. The van der Waals surface area contributed by atoms with Crippen LogP contribution in [0.4, 0.5) is 13.2 Å². The molecule has 1 aromatic rings. The highest BCUT2D eigenvalue weighted by molar-refractivity contribution is 5.20. The summed E-state index contributed by atoms with van der Waals surface area (Å²) in [5, 5.41) is 3.12. The Labute approximate surface area is 99.0 Å². The second-order valence-electron chi connectivity index (χ2n) is 4.71. The van der Waals surface area contributed by atoms with E-state index in [4.69, 9.17) is 0 Å². The fraction of sp³-hybridized carbons (Fsp3) is 0.538. The van der Waals surface area contributed by atoms with E-state index in [1.807, 2.05) is 0 Å². The van der Waals surface area contributed by atoms with Crippen molar-refractivity contribution < 1.29 is 13.2 Å². The number of rotatable bonds is 2. The van der Waals surface area contributed by atoms with Crippen molar-refractivity contribution in [1.29, 1.82) is 0 Å². The highest BCUT2D eigenvalue weighted by atomic mass is 19.1. The molecule has 1 saturated heterocycles. The lowest BCUT2D eigenvalue weighted by atomic mass is 9.89. The van der Waals surface area contributed by atoms with Crippen LogP contribution < -0.4 is 5.32 Å². The summed E-state index contributed by atoms with van der Waals surface area (Å²) in [4.78, 5) is 0. The number of hydrogen-bond donors (Lipinski definition) is 1. The minimum absolute atomic E-state index is 0.0867. The third kappa shape index (κ3) is 3.46. The van der Waals surface area contributed by atoms with Crippen molar-refractivity contribution in [2.24, 2.45) is 0 Å². The zero-order chi connectivity index (χ0) is 12.3. The van der Waals surface area contributed by atoms with Crippen molar-refractivity contribution in [2.45, 2.75) is 31.4 Å². The maximum Gasteiger partial charge on any atom is 0.126 e. The summed E-state index contributed by atoms with van der Waals surface area (Å²) in [5.41, 5.74) is -0.948. The van der Waals surface area contributed by atoms with Gasteiger partial charge in [-0.3, -0.25) is 0 Å². The zero-order valence-electron chi connectivity index (χ0n) is 9.61. The van der Waals surface area contributed by atoms with E-state index in [0.717, 1.165) is 19.0 Å². The maximum absolute atomic E-state index is 14.5. The molecule has 0 amide bonds. The van der Waals surface area contributed by atoms with Crippen LogP contribution in [0.15, 0.2) is 18.2 Å². The summed E-state index contributed by atoms with van der Waals surface area (Å²) < 4.78 is 40.5. The molecule has 1 nitrogen and oxygen atoms in total. The Morgan fingerprint density at radius 1 is 1.06 bits per heavy atom. The van der Waals surface area contributed by atoms with Crippen LogP contribution in [0, 0.1) is 11.6 Å². The van der Waals surface area contributed by atoms with Gasteiger partial charge in [0.05, 0.1) is 0 Å². The Hall–Kier alpha value is -1.03. The molecular formula is C13H16F3N. The standard InChI is InChI=1S/C13H16F3N/c14-11-6-10(7-12(15)8-11)9-13(16)2-1-4-17-5-3-13/h6-8,17H,1-5,9H2. The third-order valence-electron chi connectivity index (χ3n) is 3.17. The summed E-state index contributed by atoms with van der Waals surface area (Å²) in [7, 11) is 0. The molecule has 17 heavy (non-hydrogen) atoms. The Bertz CT molecular complexity index is 364. The molecule has 1 fully saturated rings. The predicted octanol–water partition coefficient (Wildman–Crippen LogP) is 2.99. The molecular weight excluding hydrogens is 227 g/mol. The lowest BCUT2D eigenvalue weighted by molar-refractivity contribution is 0.144. The van der Waals surface area contributed by atoms with Crippen molar-refractivity contribution in [2.75, 3.05) is 13.1 Å². The molecule has 1 aliphatic heterocycles. The van der Waals surface area contributed by atoms with E-state index in [1.165, 1.54) is 12.1 Å². The van der Waals surface area contributed by atoms with Crippen molar-refractivity contribution in [3.63, 3.8) is 0 Å². The average molecular weight is 243 g/mol. The Balaban J connectivity index is 2.12. The van der Waals surface area contributed by atoms with Crippen LogP contribution in [0.3, 0.4) is 0 Å². The van der Waals surface area contributed by atoms with E-state index in [1.54, 1.807) is 0 Å². The van der Waals surface area contributed by atoms with Crippen molar-refractivity contribution in [1.82, 2.24) is 5.32 Å². The number of alkyl halides is 1. The summed E-state index contributed by atoms with van der Waals surface area (Å²) in [6, 6.07) is 3.23. The van der Waals surface area contributed by atoms with Gasteiger partial charge in [-0.15, -0.1) is 0 Å². The number of halogens is 3. The fourth-order valence-corrected chi connectivity index (χ4v) is 2.35. The molecule has 94 valence electrons. The molecule has 1 heterocycles. The van der Waals surface area contributed by atoms with E-state index in [-0.39, 0.29) is 6.42 Å². The van der Waals surface area contributed by atoms with Gasteiger partial charge in [-0.25, -0.2) is 13.2 Å². The van der Waals surface area contributed by atoms with E-state index in [2.05, 4.69) is 5.32 Å². The van der Waals surface area contributed by atoms with Gasteiger partial charge in [0.2, 0.25) is 0 Å². The smallest absolute Gasteiger partial charge is 0.126 e. The molecule has 2 rings (SSSR count). The summed E-state index contributed by atoms with van der Waals surface area (Å²) in [5.74, 6) is -1.29. The predicted molar refractivity (Wildman–Crippen MR) is 60.6 cm³/mol. The lowest BCUT2D eigenvalue weighted by Crippen LogP contribution is -2.27. The third-order valence-corrected chi connectivity index (χ3v) is 3.17. The second-order valence-corrected chi connectivity index (χ2v) is 4.71. The molecule has 4 heteroatoms. The molecule has 0 aliphatic carbocycles. The van der Waals surface area contributed by atoms with E-state index >= 15 is 0 Å². The Morgan fingerprint density at radius 3 is 2.47 bits per heavy atom. The van der Waals surface area contributed by atoms with E-state index in [0.29, 0.717) is 24.9 Å². The molecule has 0 radical (unpaired) electrons. The van der Waals surface area contributed by atoms with Gasteiger partial charge < -0.3 is 5.32 Å². The van der Waals surface area contributed by atoms with Gasteiger partial charge >= 0.3 is 0 Å². The van der Waals surface area contributed by atoms with Crippen molar-refractivity contribution in [3.05, 3.63) is 35.4 Å². The van der Waals surface area contributed by atoms with Crippen LogP contribution in [0.2, 0.25) is 0 Å². The highest BCUT2D eigenvalue weighted by Gasteiger charge is 2.30. The SMILES string of the molecule is Fc1cc(F)cc(CC2(F)CCCNCC2)c1. The molecule has 1 aromatic carbocycles. The van der Waals surface area contributed by atoms with Gasteiger partial charge in [0.15, 0.2) is 0 Å². The molecule has 0 bridgehead atoms. The number of nitrogens with one attached hydrogen (secondary N) is 1. The first-order valence-electron chi connectivity index (χ1n) is 5.92. The molecule has 0 saturated carbocycles. The quantitative estimate of drug-likeness (QED) is 0.842. The van der Waals surface area contributed by atoms with E-state index < -0.39 is 17.3 Å².